The Labute approximate surface area is 195 Å². The summed E-state index contributed by atoms with van der Waals surface area (Å²) in [7, 11) is 3.10. The number of methoxy groups -OCH3 is 2. The minimum Gasteiger partial charge on any atom is -0.493 e. The van der Waals surface area contributed by atoms with E-state index in [2.05, 4.69) is 32.2 Å². The molecule has 0 aliphatic heterocycles. The maximum absolute atomic E-state index is 12.9. The first-order valence-corrected chi connectivity index (χ1v) is 11.6. The Morgan fingerprint density at radius 3 is 2.34 bits per heavy atom. The number of thioether (sulfide) groups is 1. The Bertz CT molecular complexity index is 1030. The number of nitrogens with one attached hydrogen (secondary N) is 1. The van der Waals surface area contributed by atoms with Gasteiger partial charge in [0.15, 0.2) is 11.5 Å². The van der Waals surface area contributed by atoms with Crippen molar-refractivity contribution in [1.82, 2.24) is 0 Å². The van der Waals surface area contributed by atoms with E-state index in [0.29, 0.717) is 23.5 Å². The largest absolute Gasteiger partial charge is 0.493 e. The van der Waals surface area contributed by atoms with E-state index in [-0.39, 0.29) is 11.3 Å². The van der Waals surface area contributed by atoms with E-state index in [1.165, 1.54) is 12.7 Å². The lowest BCUT2D eigenvalue weighted by Gasteiger charge is -2.32. The molecule has 0 saturated heterocycles. The Morgan fingerprint density at radius 1 is 1.12 bits per heavy atom. The monoisotopic (exact) mass is 455 g/mol. The van der Waals surface area contributed by atoms with Gasteiger partial charge < -0.3 is 20.5 Å². The van der Waals surface area contributed by atoms with Gasteiger partial charge in [-0.2, -0.15) is 5.26 Å². The second-order valence-electron chi connectivity index (χ2n) is 8.81. The van der Waals surface area contributed by atoms with Crippen molar-refractivity contribution in [2.24, 2.45) is 5.73 Å². The molecular formula is C25H33N3O3S. The summed E-state index contributed by atoms with van der Waals surface area (Å²) in [5, 5.41) is 12.3. The van der Waals surface area contributed by atoms with Gasteiger partial charge in [-0.3, -0.25) is 4.79 Å². The molecule has 172 valence electrons. The number of hydrogen-bond donors (Lipinski definition) is 2. The van der Waals surface area contributed by atoms with E-state index >= 15 is 0 Å². The van der Waals surface area contributed by atoms with E-state index in [0.717, 1.165) is 22.6 Å². The molecule has 0 heterocycles. The summed E-state index contributed by atoms with van der Waals surface area (Å²) in [6.07, 6.45) is 3.40. The van der Waals surface area contributed by atoms with Crippen LogP contribution in [0.1, 0.15) is 55.1 Å². The first-order valence-electron chi connectivity index (χ1n) is 10.4. The molecular weight excluding hydrogens is 422 g/mol. The molecule has 3 N–H and O–H groups in total. The van der Waals surface area contributed by atoms with E-state index in [1.807, 2.05) is 18.4 Å². The fourth-order valence-corrected chi connectivity index (χ4v) is 4.68. The lowest BCUT2D eigenvalue weighted by Crippen LogP contribution is -2.36. The molecule has 7 heteroatoms. The molecule has 1 unspecified atom stereocenters. The lowest BCUT2D eigenvalue weighted by atomic mass is 9.76. The van der Waals surface area contributed by atoms with Gasteiger partial charge in [-0.1, -0.05) is 13.8 Å². The fourth-order valence-electron chi connectivity index (χ4n) is 3.79. The topological polar surface area (TPSA) is 97.4 Å². The summed E-state index contributed by atoms with van der Waals surface area (Å²) in [6.45, 7) is 8.15. The van der Waals surface area contributed by atoms with Crippen molar-refractivity contribution in [3.63, 3.8) is 0 Å². The molecule has 32 heavy (non-hydrogen) atoms. The van der Waals surface area contributed by atoms with Crippen LogP contribution < -0.4 is 20.5 Å². The van der Waals surface area contributed by atoms with E-state index in [9.17, 15) is 10.1 Å². The molecule has 0 radical (unpaired) electrons. The van der Waals surface area contributed by atoms with Crippen LogP contribution in [0.5, 0.6) is 11.5 Å². The van der Waals surface area contributed by atoms with Gasteiger partial charge in [-0.25, -0.2) is 0 Å². The maximum atomic E-state index is 12.9. The van der Waals surface area contributed by atoms with Crippen molar-refractivity contribution in [1.29, 1.82) is 5.26 Å². The van der Waals surface area contributed by atoms with Gasteiger partial charge in [-0.05, 0) is 79.8 Å². The molecule has 6 nitrogen and oxygen atoms in total. The van der Waals surface area contributed by atoms with Gasteiger partial charge in [0.25, 0.3) is 5.91 Å². The first-order chi connectivity index (χ1) is 15.0. The molecule has 2 aromatic carbocycles. The molecule has 2 aromatic rings. The van der Waals surface area contributed by atoms with Gasteiger partial charge in [0.1, 0.15) is 5.54 Å². The SMILES string of the molecule is COc1ccc(C(=O)Nc2cc(C)c(C(C)(C)CCC(C)(N)C#N)c(SC)c2)cc1OC. The van der Waals surface area contributed by atoms with Crippen LogP contribution in [0, 0.1) is 18.3 Å². The van der Waals surface area contributed by atoms with Crippen LogP contribution in [0.25, 0.3) is 0 Å². The molecule has 0 aromatic heterocycles. The van der Waals surface area contributed by atoms with Gasteiger partial charge >= 0.3 is 0 Å². The highest BCUT2D eigenvalue weighted by Gasteiger charge is 2.29. The summed E-state index contributed by atoms with van der Waals surface area (Å²) < 4.78 is 10.5. The summed E-state index contributed by atoms with van der Waals surface area (Å²) in [4.78, 5) is 14.0. The molecule has 1 atom stereocenters. The number of hydrogen-bond acceptors (Lipinski definition) is 6. The third-order valence-corrected chi connectivity index (χ3v) is 6.39. The number of aryl methyl sites for hydroxylation is 1. The standard InChI is InChI=1S/C25H33N3O3S/c1-16-12-18(28-23(29)17-8-9-19(30-5)20(13-17)31-6)14-21(32-7)22(16)24(2,3)10-11-25(4,27)15-26/h8-9,12-14H,10-11,27H2,1-7H3,(H,28,29). The average molecular weight is 456 g/mol. The van der Waals surface area contributed by atoms with Crippen molar-refractivity contribution in [3.05, 3.63) is 47.0 Å². The minimum absolute atomic E-state index is 0.175. The van der Waals surface area contributed by atoms with Crippen molar-refractivity contribution < 1.29 is 14.3 Å². The van der Waals surface area contributed by atoms with Crippen LogP contribution in [-0.4, -0.2) is 31.9 Å². The average Bonchev–Trinajstić information content (AvgIpc) is 2.76. The third kappa shape index (κ3) is 5.96. The lowest BCUT2D eigenvalue weighted by molar-refractivity contribution is 0.102. The quantitative estimate of drug-likeness (QED) is 0.499. The number of benzene rings is 2. The van der Waals surface area contributed by atoms with Crippen molar-refractivity contribution in [2.75, 3.05) is 25.8 Å². The van der Waals surface area contributed by atoms with Crippen LogP contribution in [0.4, 0.5) is 5.69 Å². The number of nitrogens with zero attached hydrogens (tertiary/aromatic N) is 1. The molecule has 0 spiro atoms. The normalized spacial score (nSPS) is 13.1. The third-order valence-electron chi connectivity index (χ3n) is 5.62. The highest BCUT2D eigenvalue weighted by molar-refractivity contribution is 7.98. The first kappa shape index (κ1) is 25.6. The van der Waals surface area contributed by atoms with Gasteiger partial charge in [-0.15, -0.1) is 11.8 Å². The summed E-state index contributed by atoms with van der Waals surface area (Å²) in [5.41, 5.74) is 8.53. The Kier molecular flexibility index (Phi) is 8.22. The number of nitrogens with two attached hydrogens (primary N) is 1. The number of amides is 1. The van der Waals surface area contributed by atoms with E-state index in [1.54, 1.807) is 44.0 Å². The zero-order valence-corrected chi connectivity index (χ0v) is 20.8. The molecule has 0 aliphatic carbocycles. The highest BCUT2D eigenvalue weighted by atomic mass is 32.2. The predicted octanol–water partition coefficient (Wildman–Crippen LogP) is 5.29. The Morgan fingerprint density at radius 2 is 1.78 bits per heavy atom. The Hall–Kier alpha value is -2.69. The van der Waals surface area contributed by atoms with Gasteiger partial charge in [0.2, 0.25) is 0 Å². The van der Waals surface area contributed by atoms with Crippen LogP contribution in [0.15, 0.2) is 35.2 Å². The summed E-state index contributed by atoms with van der Waals surface area (Å²) in [6, 6.07) is 11.2. The summed E-state index contributed by atoms with van der Waals surface area (Å²) in [5.74, 6) is 0.848. The van der Waals surface area contributed by atoms with Crippen LogP contribution in [0.3, 0.4) is 0 Å². The van der Waals surface area contributed by atoms with E-state index in [4.69, 9.17) is 15.2 Å². The smallest absolute Gasteiger partial charge is 0.255 e. The second kappa shape index (κ2) is 10.3. The number of anilines is 1. The van der Waals surface area contributed by atoms with Crippen molar-refractivity contribution in [2.45, 2.75) is 56.4 Å². The molecule has 0 bridgehead atoms. The number of rotatable bonds is 9. The number of carbonyl (C=O) groups is 1. The van der Waals surface area contributed by atoms with Crippen LogP contribution in [0.2, 0.25) is 0 Å². The fraction of sp³-hybridized carbons (Fsp3) is 0.440. The molecule has 2 rings (SSSR count). The zero-order valence-electron chi connectivity index (χ0n) is 20.0. The molecule has 1 amide bonds. The van der Waals surface area contributed by atoms with E-state index < -0.39 is 5.54 Å². The minimum atomic E-state index is -0.849. The van der Waals surface area contributed by atoms with Gasteiger partial charge in [0.05, 0.1) is 20.3 Å². The van der Waals surface area contributed by atoms with Crippen LogP contribution in [-0.2, 0) is 5.41 Å². The zero-order chi connectivity index (χ0) is 24.1. The van der Waals surface area contributed by atoms with Gasteiger partial charge in [0, 0.05) is 16.1 Å². The highest BCUT2D eigenvalue weighted by Crippen LogP contribution is 2.40. The Balaban J connectivity index is 2.32. The van der Waals surface area contributed by atoms with Crippen LogP contribution >= 0.6 is 11.8 Å². The number of carbonyl (C=O) groups excluding carboxylic acids is 1. The van der Waals surface area contributed by atoms with Crippen molar-refractivity contribution in [3.8, 4) is 17.6 Å². The number of ether oxygens (including phenoxy) is 2. The summed E-state index contributed by atoms with van der Waals surface area (Å²) >= 11 is 1.64. The number of nitriles is 1. The van der Waals surface area contributed by atoms with Crippen molar-refractivity contribution >= 4 is 23.4 Å². The maximum Gasteiger partial charge on any atom is 0.255 e. The molecule has 0 saturated carbocycles. The predicted molar refractivity (Wildman–Crippen MR) is 131 cm³/mol. The molecule has 0 aliphatic rings. The molecule has 0 fully saturated rings. The second-order valence-corrected chi connectivity index (χ2v) is 9.66.